The number of pyridine rings is 1. The van der Waals surface area contributed by atoms with Crippen LogP contribution in [0.5, 0.6) is 0 Å². The number of alkyl halides is 3. The van der Waals surface area contributed by atoms with Crippen molar-refractivity contribution in [3.05, 3.63) is 83.3 Å². The van der Waals surface area contributed by atoms with Crippen molar-refractivity contribution in [3.63, 3.8) is 0 Å². The van der Waals surface area contributed by atoms with Crippen molar-refractivity contribution >= 4 is 22.7 Å². The first-order valence-electron chi connectivity index (χ1n) is 14.2. The number of nitrogens with zero attached hydrogens (tertiary/aromatic N) is 3. The van der Waals surface area contributed by atoms with E-state index in [1.54, 1.807) is 24.4 Å². The number of piperidine rings is 2. The first-order chi connectivity index (χ1) is 20.4. The SMILES string of the molecule is CC1(C)CN(Cc2ccc(-c3coc(C(F)(F)F)n3)cc2)CCC1c1ccc2ncc(C3CCC(=O)NC3=O)cc2c1F. The molecule has 4 aromatic rings. The van der Waals surface area contributed by atoms with Gasteiger partial charge in [0.1, 0.15) is 17.8 Å². The molecule has 1 N–H and O–H groups in total. The van der Waals surface area contributed by atoms with E-state index in [1.807, 2.05) is 24.3 Å². The molecule has 0 aliphatic carbocycles. The first-order valence-corrected chi connectivity index (χ1v) is 14.2. The smallest absolute Gasteiger partial charge is 0.441 e. The van der Waals surface area contributed by atoms with Crippen LogP contribution in [0.2, 0.25) is 0 Å². The Bertz CT molecular complexity index is 1700. The Morgan fingerprint density at radius 3 is 2.53 bits per heavy atom. The Labute approximate surface area is 245 Å². The van der Waals surface area contributed by atoms with Gasteiger partial charge in [-0.2, -0.15) is 13.2 Å². The number of hydrogen-bond acceptors (Lipinski definition) is 6. The van der Waals surface area contributed by atoms with Crippen molar-refractivity contribution in [3.8, 4) is 11.3 Å². The standard InChI is InChI=1S/C32H30F4N4O3/c1-31(2)17-40(15-18-3-5-19(6-4-18)26-16-43-30(38-26)32(34,35)36)12-11-24(31)22-7-9-25-23(28(22)33)13-20(14-37-25)21-8-10-27(41)39-29(21)42/h3-7,9,13-14,16,21,24H,8,10-12,15,17H2,1-2H3,(H,39,41,42). The molecule has 2 amide bonds. The fourth-order valence-corrected chi connectivity index (χ4v) is 6.42. The van der Waals surface area contributed by atoms with Crippen LogP contribution in [0, 0.1) is 11.2 Å². The summed E-state index contributed by atoms with van der Waals surface area (Å²) in [6.45, 7) is 6.33. The molecule has 2 saturated heterocycles. The van der Waals surface area contributed by atoms with Crippen molar-refractivity contribution < 1.29 is 31.6 Å². The van der Waals surface area contributed by atoms with Crippen LogP contribution in [0.3, 0.4) is 0 Å². The van der Waals surface area contributed by atoms with E-state index in [0.29, 0.717) is 47.1 Å². The summed E-state index contributed by atoms with van der Waals surface area (Å²) < 4.78 is 59.2. The lowest BCUT2D eigenvalue weighted by molar-refractivity contribution is -0.157. The molecule has 0 saturated carbocycles. The number of carbonyl (C=O) groups excluding carboxylic acids is 2. The van der Waals surface area contributed by atoms with Crippen LogP contribution in [0.25, 0.3) is 22.2 Å². The molecule has 2 aromatic carbocycles. The topological polar surface area (TPSA) is 88.3 Å². The number of amides is 2. The lowest BCUT2D eigenvalue weighted by Gasteiger charge is -2.45. The van der Waals surface area contributed by atoms with Gasteiger partial charge in [-0.15, -0.1) is 0 Å². The quantitative estimate of drug-likeness (QED) is 0.207. The number of aromatic nitrogens is 2. The number of nitrogens with one attached hydrogen (secondary N) is 1. The van der Waals surface area contributed by atoms with E-state index in [4.69, 9.17) is 0 Å². The van der Waals surface area contributed by atoms with E-state index >= 15 is 4.39 Å². The molecule has 224 valence electrons. The summed E-state index contributed by atoms with van der Waals surface area (Å²) in [5.41, 5.74) is 3.11. The van der Waals surface area contributed by atoms with Crippen LogP contribution in [0.1, 0.15) is 67.5 Å². The fraction of sp³-hybridized carbons (Fsp3) is 0.375. The number of benzene rings is 2. The number of imide groups is 1. The molecule has 2 aliphatic heterocycles. The zero-order valence-corrected chi connectivity index (χ0v) is 23.7. The predicted octanol–water partition coefficient (Wildman–Crippen LogP) is 6.58. The van der Waals surface area contributed by atoms with Crippen molar-refractivity contribution in [2.75, 3.05) is 13.1 Å². The van der Waals surface area contributed by atoms with E-state index in [9.17, 15) is 22.8 Å². The Morgan fingerprint density at radius 2 is 1.86 bits per heavy atom. The summed E-state index contributed by atoms with van der Waals surface area (Å²) in [6.07, 6.45) is -0.717. The third-order valence-electron chi connectivity index (χ3n) is 8.58. The van der Waals surface area contributed by atoms with Gasteiger partial charge in [-0.05, 0) is 59.5 Å². The molecule has 0 bridgehead atoms. The van der Waals surface area contributed by atoms with Gasteiger partial charge in [0.2, 0.25) is 11.8 Å². The maximum Gasteiger partial charge on any atom is 0.468 e. The molecular weight excluding hydrogens is 564 g/mol. The molecule has 2 unspecified atom stereocenters. The maximum atomic E-state index is 16.1. The molecule has 7 nitrogen and oxygen atoms in total. The first kappa shape index (κ1) is 29.0. The highest BCUT2D eigenvalue weighted by Gasteiger charge is 2.39. The molecule has 2 atom stereocenters. The van der Waals surface area contributed by atoms with Crippen molar-refractivity contribution in [1.82, 2.24) is 20.2 Å². The minimum atomic E-state index is -4.64. The summed E-state index contributed by atoms with van der Waals surface area (Å²) in [6, 6.07) is 12.5. The van der Waals surface area contributed by atoms with Crippen LogP contribution >= 0.6 is 0 Å². The highest BCUT2D eigenvalue weighted by molar-refractivity contribution is 6.01. The van der Waals surface area contributed by atoms with E-state index in [1.165, 1.54) is 0 Å². The molecule has 2 aromatic heterocycles. The molecule has 2 aliphatic rings. The Hall–Kier alpha value is -4.12. The minimum Gasteiger partial charge on any atom is -0.441 e. The molecule has 43 heavy (non-hydrogen) atoms. The third-order valence-corrected chi connectivity index (χ3v) is 8.58. The van der Waals surface area contributed by atoms with Crippen molar-refractivity contribution in [2.24, 2.45) is 5.41 Å². The van der Waals surface area contributed by atoms with Crippen LogP contribution in [0.4, 0.5) is 17.6 Å². The van der Waals surface area contributed by atoms with E-state index < -0.39 is 18.0 Å². The average molecular weight is 595 g/mol. The summed E-state index contributed by atoms with van der Waals surface area (Å²) in [4.78, 5) is 34.2. The molecule has 0 radical (unpaired) electrons. The fourth-order valence-electron chi connectivity index (χ4n) is 6.42. The van der Waals surface area contributed by atoms with Gasteiger partial charge in [0, 0.05) is 36.7 Å². The largest absolute Gasteiger partial charge is 0.468 e. The second kappa shape index (κ2) is 10.9. The molecule has 0 spiro atoms. The monoisotopic (exact) mass is 594 g/mol. The Balaban J connectivity index is 1.16. The number of likely N-dealkylation sites (tertiary alicyclic amines) is 1. The zero-order chi connectivity index (χ0) is 30.5. The van der Waals surface area contributed by atoms with Gasteiger partial charge < -0.3 is 4.42 Å². The molecule has 6 rings (SSSR count). The third kappa shape index (κ3) is 5.78. The number of rotatable bonds is 5. The lowest BCUT2D eigenvalue weighted by atomic mass is 9.70. The lowest BCUT2D eigenvalue weighted by Crippen LogP contribution is -2.44. The van der Waals surface area contributed by atoms with E-state index in [2.05, 4.69) is 38.4 Å². The second-order valence-electron chi connectivity index (χ2n) is 12.1. The maximum absolute atomic E-state index is 16.1. The van der Waals surface area contributed by atoms with E-state index in [0.717, 1.165) is 24.8 Å². The molecule has 4 heterocycles. The number of carbonyl (C=O) groups is 2. The van der Waals surface area contributed by atoms with Crippen LogP contribution in [0.15, 0.2) is 59.3 Å². The van der Waals surface area contributed by atoms with Gasteiger partial charge in [-0.3, -0.25) is 24.8 Å². The van der Waals surface area contributed by atoms with Gasteiger partial charge >= 0.3 is 12.1 Å². The number of oxazole rings is 1. The van der Waals surface area contributed by atoms with Crippen LogP contribution in [-0.2, 0) is 22.3 Å². The summed E-state index contributed by atoms with van der Waals surface area (Å²) in [5, 5.41) is 2.72. The van der Waals surface area contributed by atoms with Crippen molar-refractivity contribution in [2.45, 2.75) is 57.7 Å². The van der Waals surface area contributed by atoms with Crippen molar-refractivity contribution in [1.29, 1.82) is 0 Å². The summed E-state index contributed by atoms with van der Waals surface area (Å²) >= 11 is 0. The molecule has 2 fully saturated rings. The number of halogens is 4. The number of hydrogen-bond donors (Lipinski definition) is 1. The van der Waals surface area contributed by atoms with Gasteiger partial charge in [0.05, 0.1) is 11.4 Å². The highest BCUT2D eigenvalue weighted by atomic mass is 19.4. The summed E-state index contributed by atoms with van der Waals surface area (Å²) in [7, 11) is 0. The van der Waals surface area contributed by atoms with Gasteiger partial charge in [-0.1, -0.05) is 44.2 Å². The van der Waals surface area contributed by atoms with Gasteiger partial charge in [-0.25, -0.2) is 9.37 Å². The molecule has 11 heteroatoms. The van der Waals surface area contributed by atoms with Crippen LogP contribution < -0.4 is 5.32 Å². The highest BCUT2D eigenvalue weighted by Crippen LogP contribution is 2.44. The Kier molecular flexibility index (Phi) is 7.32. The predicted molar refractivity (Wildman–Crippen MR) is 150 cm³/mol. The summed E-state index contributed by atoms with van der Waals surface area (Å²) in [5.74, 6) is -2.88. The second-order valence-corrected chi connectivity index (χ2v) is 12.1. The van der Waals surface area contributed by atoms with Gasteiger partial charge in [0.15, 0.2) is 0 Å². The van der Waals surface area contributed by atoms with Gasteiger partial charge in [0.25, 0.3) is 0 Å². The molecular formula is C32H30F4N4O3. The van der Waals surface area contributed by atoms with E-state index in [-0.39, 0.29) is 41.1 Å². The normalized spacial score (nSPS) is 21.3. The zero-order valence-electron chi connectivity index (χ0n) is 23.7. The minimum absolute atomic E-state index is 0.0511. The average Bonchev–Trinajstić information content (AvgIpc) is 3.45. The Morgan fingerprint density at radius 1 is 1.09 bits per heavy atom. The number of fused-ring (bicyclic) bond motifs is 1. The van der Waals surface area contributed by atoms with Crippen LogP contribution in [-0.4, -0.2) is 39.8 Å².